The van der Waals surface area contributed by atoms with E-state index < -0.39 is 17.0 Å². The quantitative estimate of drug-likeness (QED) is 0.629. The molecule has 132 valence electrons. The fourth-order valence-electron chi connectivity index (χ4n) is 2.15. The first-order valence-corrected chi connectivity index (χ1v) is 8.16. The summed E-state index contributed by atoms with van der Waals surface area (Å²) < 4.78 is 7.08. The van der Waals surface area contributed by atoms with Crippen LogP contribution < -0.4 is 16.0 Å². The number of aromatic nitrogens is 3. The molecule has 3 rings (SSSR count). The smallest absolute Gasteiger partial charge is 0.349 e. The normalized spacial score (nSPS) is 10.5. The molecule has 9 heteroatoms. The van der Waals surface area contributed by atoms with Gasteiger partial charge in [-0.2, -0.15) is 9.78 Å². The van der Waals surface area contributed by atoms with Crippen LogP contribution in [0.25, 0.3) is 5.69 Å². The largest absolute Gasteiger partial charge is 0.507 e. The predicted molar refractivity (Wildman–Crippen MR) is 96.3 cm³/mol. The van der Waals surface area contributed by atoms with Crippen molar-refractivity contribution in [3.8, 4) is 22.9 Å². The monoisotopic (exact) mass is 417 g/mol. The molecule has 0 unspecified atom stereocenters. The molecule has 0 amide bonds. The molecule has 0 spiro atoms. The van der Waals surface area contributed by atoms with Gasteiger partial charge in [-0.05, 0) is 58.4 Å². The number of nitrogens with one attached hydrogen (secondary N) is 1. The zero-order valence-electron chi connectivity index (χ0n) is 13.4. The first-order valence-electron chi connectivity index (χ1n) is 7.36. The van der Waals surface area contributed by atoms with Gasteiger partial charge in [0.15, 0.2) is 11.5 Å². The number of ether oxygens (including phenoxy) is 1. The number of aromatic hydroxyl groups is 1. The number of hydrogen-bond donors (Lipinski definition) is 2. The van der Waals surface area contributed by atoms with Crippen LogP contribution in [0.1, 0.15) is 17.4 Å². The molecule has 0 radical (unpaired) electrons. The highest BCUT2D eigenvalue weighted by Gasteiger charge is 2.12. The Morgan fingerprint density at radius 1 is 1.15 bits per heavy atom. The summed E-state index contributed by atoms with van der Waals surface area (Å²) in [6.45, 7) is 1.19. The number of Topliss-reactive ketones (excluding diaryl/α,β-unsaturated/α-hetero) is 1. The minimum absolute atomic E-state index is 0.0949. The third-order valence-electron chi connectivity index (χ3n) is 3.40. The maximum Gasteiger partial charge on any atom is 0.349 e. The van der Waals surface area contributed by atoms with E-state index >= 15 is 0 Å². The summed E-state index contributed by atoms with van der Waals surface area (Å²) in [7, 11) is 0. The summed E-state index contributed by atoms with van der Waals surface area (Å²) in [4.78, 5) is 37.0. The van der Waals surface area contributed by atoms with Crippen molar-refractivity contribution < 1.29 is 14.6 Å². The van der Waals surface area contributed by atoms with Crippen molar-refractivity contribution in [1.82, 2.24) is 14.8 Å². The Labute approximate surface area is 154 Å². The van der Waals surface area contributed by atoms with Gasteiger partial charge in [0.2, 0.25) is 0 Å². The molecule has 0 saturated carbocycles. The third kappa shape index (κ3) is 3.57. The second-order valence-corrected chi connectivity index (χ2v) is 6.14. The van der Waals surface area contributed by atoms with Gasteiger partial charge >= 0.3 is 5.69 Å². The summed E-state index contributed by atoms with van der Waals surface area (Å²) in [5.74, 6) is 0.534. The number of carbonyl (C=O) groups excluding carboxylic acids is 1. The van der Waals surface area contributed by atoms with Crippen LogP contribution in [0.15, 0.2) is 56.5 Å². The molecule has 2 N–H and O–H groups in total. The van der Waals surface area contributed by atoms with Gasteiger partial charge in [0, 0.05) is 6.92 Å². The van der Waals surface area contributed by atoms with Crippen LogP contribution in [-0.4, -0.2) is 25.7 Å². The maximum atomic E-state index is 11.9. The number of carbonyl (C=O) groups is 1. The van der Waals surface area contributed by atoms with E-state index in [-0.39, 0.29) is 11.4 Å². The number of benzene rings is 2. The molecule has 0 saturated heterocycles. The molecule has 2 aromatic carbocycles. The number of hydrogen-bond acceptors (Lipinski definition) is 6. The number of rotatable bonds is 4. The lowest BCUT2D eigenvalue weighted by Crippen LogP contribution is -2.35. The van der Waals surface area contributed by atoms with Crippen LogP contribution in [-0.2, 0) is 0 Å². The zero-order chi connectivity index (χ0) is 18.8. The fraction of sp³-hybridized carbons (Fsp3) is 0.0588. The molecule has 3 aromatic rings. The van der Waals surface area contributed by atoms with Gasteiger partial charge in [0.05, 0.1) is 10.2 Å². The lowest BCUT2D eigenvalue weighted by molar-refractivity contribution is 0.100. The molecule has 0 fully saturated rings. The van der Waals surface area contributed by atoms with Crippen molar-refractivity contribution >= 4 is 21.7 Å². The fourth-order valence-corrected chi connectivity index (χ4v) is 2.51. The van der Waals surface area contributed by atoms with Gasteiger partial charge in [-0.15, -0.1) is 0 Å². The average molecular weight is 418 g/mol. The number of halogens is 1. The van der Waals surface area contributed by atoms with Crippen LogP contribution in [0.2, 0.25) is 0 Å². The van der Waals surface area contributed by atoms with Crippen molar-refractivity contribution in [2.24, 2.45) is 0 Å². The second-order valence-electron chi connectivity index (χ2n) is 5.29. The summed E-state index contributed by atoms with van der Waals surface area (Å²) in [5, 5.41) is 13.3. The van der Waals surface area contributed by atoms with Gasteiger partial charge in [0.1, 0.15) is 17.2 Å². The molecule has 1 aromatic heterocycles. The van der Waals surface area contributed by atoms with Crippen molar-refractivity contribution in [2.45, 2.75) is 6.92 Å². The van der Waals surface area contributed by atoms with Crippen molar-refractivity contribution in [3.63, 3.8) is 0 Å². The van der Waals surface area contributed by atoms with E-state index in [1.54, 1.807) is 36.4 Å². The Morgan fingerprint density at radius 3 is 2.42 bits per heavy atom. The molecule has 0 aliphatic carbocycles. The van der Waals surface area contributed by atoms with Gasteiger partial charge in [-0.25, -0.2) is 4.79 Å². The third-order valence-corrected chi connectivity index (χ3v) is 4.03. The first-order chi connectivity index (χ1) is 12.3. The number of nitrogens with zero attached hydrogens (tertiary/aromatic N) is 2. The van der Waals surface area contributed by atoms with Crippen molar-refractivity contribution in [3.05, 3.63) is 73.5 Å². The van der Waals surface area contributed by atoms with E-state index in [1.165, 1.54) is 13.0 Å². The molecule has 8 nitrogen and oxygen atoms in total. The minimum atomic E-state index is -0.823. The van der Waals surface area contributed by atoms with Gasteiger partial charge < -0.3 is 9.84 Å². The maximum absolute atomic E-state index is 11.9. The highest BCUT2D eigenvalue weighted by molar-refractivity contribution is 9.10. The Hall–Kier alpha value is -3.20. The topological polar surface area (TPSA) is 114 Å². The van der Waals surface area contributed by atoms with Crippen molar-refractivity contribution in [2.75, 3.05) is 0 Å². The standard InChI is InChI=1S/C17H12BrN3O5/c1-9(22)15-16(24)19-17(25)21(20-15)10-2-4-11(5-3-10)26-12-6-7-14(23)13(18)8-12/h2-8,23H,1H3,(H,19,24,25). The number of ketones is 1. The van der Waals surface area contributed by atoms with E-state index in [1.807, 2.05) is 0 Å². The predicted octanol–water partition coefficient (Wildman–Crippen LogP) is 2.38. The van der Waals surface area contributed by atoms with Gasteiger partial charge in [0.25, 0.3) is 5.56 Å². The SMILES string of the molecule is CC(=O)c1nn(-c2ccc(Oc3ccc(O)c(Br)c3)cc2)c(=O)[nH]c1=O. The number of aromatic amines is 1. The highest BCUT2D eigenvalue weighted by atomic mass is 79.9. The van der Waals surface area contributed by atoms with Crippen LogP contribution in [0.4, 0.5) is 0 Å². The molecule has 0 aliphatic heterocycles. The van der Waals surface area contributed by atoms with E-state index in [0.717, 1.165) is 4.68 Å². The Bertz CT molecular complexity index is 1100. The van der Waals surface area contributed by atoms with Gasteiger partial charge in [-0.1, -0.05) is 0 Å². The Balaban J connectivity index is 1.91. The molecular weight excluding hydrogens is 406 g/mol. The number of phenols is 1. The van der Waals surface area contributed by atoms with E-state index in [2.05, 4.69) is 26.0 Å². The van der Waals surface area contributed by atoms with E-state index in [9.17, 15) is 19.5 Å². The van der Waals surface area contributed by atoms with Crippen LogP contribution >= 0.6 is 15.9 Å². The van der Waals surface area contributed by atoms with Crippen molar-refractivity contribution in [1.29, 1.82) is 0 Å². The lowest BCUT2D eigenvalue weighted by Gasteiger charge is -2.09. The molecule has 1 heterocycles. The Kier molecular flexibility index (Phi) is 4.72. The minimum Gasteiger partial charge on any atom is -0.507 e. The summed E-state index contributed by atoms with van der Waals surface area (Å²) in [6.07, 6.45) is 0. The van der Waals surface area contributed by atoms with Gasteiger partial charge in [-0.3, -0.25) is 14.6 Å². The van der Waals surface area contributed by atoms with E-state index in [4.69, 9.17) is 4.74 Å². The molecule has 0 bridgehead atoms. The first kappa shape index (κ1) is 17.6. The average Bonchev–Trinajstić information content (AvgIpc) is 2.59. The Morgan fingerprint density at radius 2 is 1.81 bits per heavy atom. The van der Waals surface area contributed by atoms with Crippen LogP contribution in [0.5, 0.6) is 17.2 Å². The number of phenolic OH excluding ortho intramolecular Hbond substituents is 1. The second kappa shape index (κ2) is 6.96. The molecule has 26 heavy (non-hydrogen) atoms. The summed E-state index contributed by atoms with van der Waals surface area (Å²) in [6, 6.07) is 11.0. The number of H-pyrrole nitrogens is 1. The molecule has 0 aliphatic rings. The van der Waals surface area contributed by atoms with Crippen LogP contribution in [0.3, 0.4) is 0 Å². The van der Waals surface area contributed by atoms with E-state index in [0.29, 0.717) is 21.7 Å². The highest BCUT2D eigenvalue weighted by Crippen LogP contribution is 2.30. The molecule has 0 atom stereocenters. The molecular formula is C17H12BrN3O5. The van der Waals surface area contributed by atoms with Crippen LogP contribution in [0, 0.1) is 0 Å². The zero-order valence-corrected chi connectivity index (χ0v) is 15.0. The summed E-state index contributed by atoms with van der Waals surface area (Å²) in [5.41, 5.74) is -1.57. The lowest BCUT2D eigenvalue weighted by atomic mass is 10.3. The summed E-state index contributed by atoms with van der Waals surface area (Å²) >= 11 is 3.20.